The molecule has 0 radical (unpaired) electrons. The third-order valence-corrected chi connectivity index (χ3v) is 1.82. The Morgan fingerprint density at radius 1 is 1.44 bits per heavy atom. The van der Waals surface area contributed by atoms with Crippen LogP contribution >= 0.6 is 0 Å². The van der Waals surface area contributed by atoms with Gasteiger partial charge in [-0.1, -0.05) is 12.1 Å². The van der Waals surface area contributed by atoms with Crippen molar-refractivity contribution in [3.63, 3.8) is 0 Å². The normalized spacial score (nSPS) is 10.1. The van der Waals surface area contributed by atoms with Gasteiger partial charge in [-0.3, -0.25) is 0 Å². The average molecular weight is 252 g/mol. The van der Waals surface area contributed by atoms with Gasteiger partial charge in [0.25, 0.3) is 0 Å². The maximum Gasteiger partial charge on any atom is 0.427 e. The maximum atomic E-state index is 10.7. The number of rotatable bonds is 5. The number of methoxy groups -OCH3 is 1. The fraction of sp³-hybridized carbons (Fsp3) is 0.182. The second kappa shape index (κ2) is 6.89. The summed E-state index contributed by atoms with van der Waals surface area (Å²) in [5.74, 6) is -0.718. The summed E-state index contributed by atoms with van der Waals surface area (Å²) in [6.07, 6.45) is 0.629. The van der Waals surface area contributed by atoms with Crippen molar-refractivity contribution >= 4 is 18.3 Å². The molecule has 7 heteroatoms. The highest BCUT2D eigenvalue weighted by molar-refractivity contribution is 5.84. The van der Waals surface area contributed by atoms with Gasteiger partial charge in [-0.15, -0.1) is 0 Å². The molecular weight excluding hydrogens is 240 g/mol. The summed E-state index contributed by atoms with van der Waals surface area (Å²) in [7, 11) is 1.22. The number of carbonyl (C=O) groups is 2. The number of nitrogens with one attached hydrogen (secondary N) is 1. The molecule has 0 saturated carbocycles. The molecule has 0 atom stereocenters. The molecule has 0 aliphatic heterocycles. The van der Waals surface area contributed by atoms with Gasteiger partial charge >= 0.3 is 12.1 Å². The topological polar surface area (TPSA) is 97.2 Å². The van der Waals surface area contributed by atoms with Crippen molar-refractivity contribution in [3.05, 3.63) is 29.8 Å². The molecule has 0 saturated heterocycles. The number of hydrazone groups is 1. The number of carboxylic acid groups (broad SMARTS) is 1. The van der Waals surface area contributed by atoms with Gasteiger partial charge in [-0.05, 0) is 12.1 Å². The van der Waals surface area contributed by atoms with Crippen molar-refractivity contribution in [1.82, 2.24) is 5.43 Å². The predicted molar refractivity (Wildman–Crippen MR) is 62.7 cm³/mol. The molecule has 1 aromatic rings. The summed E-state index contributed by atoms with van der Waals surface area (Å²) in [6.45, 7) is -0.449. The Kier molecular flexibility index (Phi) is 5.17. The highest BCUT2D eigenvalue weighted by atomic mass is 16.5. The second-order valence-electron chi connectivity index (χ2n) is 3.08. The van der Waals surface area contributed by atoms with E-state index >= 15 is 0 Å². The lowest BCUT2D eigenvalue weighted by Gasteiger charge is -2.05. The van der Waals surface area contributed by atoms with Gasteiger partial charge < -0.3 is 14.6 Å². The molecule has 18 heavy (non-hydrogen) atoms. The standard InChI is InChI=1S/C11H12N2O5/c1-17-11(16)13-12-6-8-4-2-3-5-9(8)18-7-10(14)15/h2-6H,7H2,1H3,(H,13,16)(H,14,15). The van der Waals surface area contributed by atoms with Gasteiger partial charge in [0.2, 0.25) is 0 Å². The van der Waals surface area contributed by atoms with Crippen molar-refractivity contribution in [2.24, 2.45) is 5.10 Å². The third kappa shape index (κ3) is 4.52. The van der Waals surface area contributed by atoms with Crippen LogP contribution in [0.25, 0.3) is 0 Å². The first-order valence-corrected chi connectivity index (χ1v) is 4.94. The Morgan fingerprint density at radius 2 is 2.17 bits per heavy atom. The summed E-state index contributed by atoms with van der Waals surface area (Å²) in [5.41, 5.74) is 2.65. The monoisotopic (exact) mass is 252 g/mol. The van der Waals surface area contributed by atoms with E-state index in [1.54, 1.807) is 24.3 Å². The van der Waals surface area contributed by atoms with Gasteiger partial charge in [-0.25, -0.2) is 15.0 Å². The van der Waals surface area contributed by atoms with Crippen LogP contribution in [0.15, 0.2) is 29.4 Å². The number of benzene rings is 1. The fourth-order valence-electron chi connectivity index (χ4n) is 1.06. The summed E-state index contributed by atoms with van der Waals surface area (Å²) in [4.78, 5) is 21.1. The lowest BCUT2D eigenvalue weighted by atomic mass is 10.2. The molecule has 0 heterocycles. The molecular formula is C11H12N2O5. The summed E-state index contributed by atoms with van der Waals surface area (Å²) >= 11 is 0. The van der Waals surface area contributed by atoms with Crippen LogP contribution in [0.5, 0.6) is 5.75 Å². The Labute approximate surface area is 103 Å². The fourth-order valence-corrected chi connectivity index (χ4v) is 1.06. The van der Waals surface area contributed by atoms with Crippen LogP contribution in [0.1, 0.15) is 5.56 Å². The Bertz CT molecular complexity index is 459. The number of para-hydroxylation sites is 1. The van der Waals surface area contributed by atoms with Crippen LogP contribution in [-0.2, 0) is 9.53 Å². The molecule has 0 unspecified atom stereocenters. The first-order valence-electron chi connectivity index (χ1n) is 4.94. The SMILES string of the molecule is COC(=O)NN=Cc1ccccc1OCC(=O)O. The number of hydrogen-bond donors (Lipinski definition) is 2. The second-order valence-corrected chi connectivity index (χ2v) is 3.08. The molecule has 0 aliphatic rings. The Balaban J connectivity index is 2.69. The number of carbonyl (C=O) groups excluding carboxylic acids is 1. The molecule has 0 spiro atoms. The van der Waals surface area contributed by atoms with Gasteiger partial charge in [0, 0.05) is 5.56 Å². The summed E-state index contributed by atoms with van der Waals surface area (Å²) in [6, 6.07) is 6.69. The van der Waals surface area contributed by atoms with Gasteiger partial charge in [0.1, 0.15) is 5.75 Å². The minimum absolute atomic E-state index is 0.357. The zero-order chi connectivity index (χ0) is 13.4. The Morgan fingerprint density at radius 3 is 2.83 bits per heavy atom. The molecule has 1 rings (SSSR count). The molecule has 1 aromatic carbocycles. The first-order chi connectivity index (χ1) is 8.63. The molecule has 0 aromatic heterocycles. The maximum absolute atomic E-state index is 10.7. The van der Waals surface area contributed by atoms with Crippen molar-refractivity contribution in [2.45, 2.75) is 0 Å². The summed E-state index contributed by atoms with van der Waals surface area (Å²) in [5, 5.41) is 12.1. The Hall–Kier alpha value is -2.57. The van der Waals surface area contributed by atoms with E-state index in [4.69, 9.17) is 9.84 Å². The van der Waals surface area contributed by atoms with Crippen molar-refractivity contribution in [2.75, 3.05) is 13.7 Å². The zero-order valence-electron chi connectivity index (χ0n) is 9.62. The van der Waals surface area contributed by atoms with Gasteiger partial charge in [0.15, 0.2) is 6.61 Å². The number of aliphatic carboxylic acids is 1. The van der Waals surface area contributed by atoms with E-state index in [0.717, 1.165) is 0 Å². The molecule has 1 amide bonds. The first kappa shape index (κ1) is 13.5. The summed E-state index contributed by atoms with van der Waals surface area (Å²) < 4.78 is 9.37. The van der Waals surface area contributed by atoms with Crippen LogP contribution in [0, 0.1) is 0 Å². The molecule has 2 N–H and O–H groups in total. The molecule has 7 nitrogen and oxygen atoms in total. The van der Waals surface area contributed by atoms with E-state index in [-0.39, 0.29) is 0 Å². The van der Waals surface area contributed by atoms with Crippen LogP contribution in [0.4, 0.5) is 4.79 Å². The van der Waals surface area contributed by atoms with Crippen molar-refractivity contribution in [1.29, 1.82) is 0 Å². The minimum atomic E-state index is -1.07. The van der Waals surface area contributed by atoms with E-state index in [9.17, 15) is 9.59 Å². The number of carboxylic acids is 1. The van der Waals surface area contributed by atoms with Crippen LogP contribution in [-0.4, -0.2) is 37.1 Å². The van der Waals surface area contributed by atoms with E-state index < -0.39 is 18.7 Å². The molecule has 0 fully saturated rings. The average Bonchev–Trinajstić information content (AvgIpc) is 2.37. The van der Waals surface area contributed by atoms with Crippen molar-refractivity contribution in [3.8, 4) is 5.75 Å². The number of amides is 1. The van der Waals surface area contributed by atoms with Gasteiger partial charge in [-0.2, -0.15) is 5.10 Å². The highest BCUT2D eigenvalue weighted by Gasteiger charge is 2.03. The zero-order valence-corrected chi connectivity index (χ0v) is 9.62. The smallest absolute Gasteiger partial charge is 0.427 e. The lowest BCUT2D eigenvalue weighted by Crippen LogP contribution is -2.17. The molecule has 0 bridgehead atoms. The highest BCUT2D eigenvalue weighted by Crippen LogP contribution is 2.15. The number of nitrogens with zero attached hydrogens (tertiary/aromatic N) is 1. The van der Waals surface area contributed by atoms with E-state index in [1.807, 2.05) is 0 Å². The van der Waals surface area contributed by atoms with Crippen LogP contribution in [0.2, 0.25) is 0 Å². The van der Waals surface area contributed by atoms with Gasteiger partial charge in [0.05, 0.1) is 13.3 Å². The van der Waals surface area contributed by atoms with E-state index in [1.165, 1.54) is 13.3 Å². The molecule has 0 aliphatic carbocycles. The molecule has 96 valence electrons. The number of hydrogen-bond acceptors (Lipinski definition) is 5. The minimum Gasteiger partial charge on any atom is -0.481 e. The van der Waals surface area contributed by atoms with E-state index in [0.29, 0.717) is 11.3 Å². The van der Waals surface area contributed by atoms with Crippen LogP contribution in [0.3, 0.4) is 0 Å². The largest absolute Gasteiger partial charge is 0.481 e. The quantitative estimate of drug-likeness (QED) is 0.597. The third-order valence-electron chi connectivity index (χ3n) is 1.82. The van der Waals surface area contributed by atoms with E-state index in [2.05, 4.69) is 15.3 Å². The number of ether oxygens (including phenoxy) is 2. The van der Waals surface area contributed by atoms with Crippen molar-refractivity contribution < 1.29 is 24.2 Å². The lowest BCUT2D eigenvalue weighted by molar-refractivity contribution is -0.139. The van der Waals surface area contributed by atoms with Crippen LogP contribution < -0.4 is 10.2 Å². The predicted octanol–water partition coefficient (Wildman–Crippen LogP) is 0.840.